The lowest BCUT2D eigenvalue weighted by Gasteiger charge is -2.32. The van der Waals surface area contributed by atoms with Crippen LogP contribution in [0.25, 0.3) is 0 Å². The lowest BCUT2D eigenvalue weighted by molar-refractivity contribution is 0.107. The van der Waals surface area contributed by atoms with Crippen molar-refractivity contribution in [3.8, 4) is 5.75 Å². The van der Waals surface area contributed by atoms with Crippen molar-refractivity contribution in [1.29, 1.82) is 0 Å². The molecule has 1 aromatic carbocycles. The van der Waals surface area contributed by atoms with Gasteiger partial charge in [0.05, 0.1) is 31.6 Å². The van der Waals surface area contributed by atoms with Crippen molar-refractivity contribution in [3.63, 3.8) is 0 Å². The average molecular weight is 396 g/mol. The molecule has 6 nitrogen and oxygen atoms in total. The Morgan fingerprint density at radius 2 is 1.97 bits per heavy atom. The minimum Gasteiger partial charge on any atom is -0.493 e. The number of nitrogens with one attached hydrogen (secondary N) is 1. The third-order valence-electron chi connectivity index (χ3n) is 6.64. The molecule has 2 aromatic rings. The SMILES string of the molecule is O=c1cc2c(nn1C1CCC(NCC3CCOc4ccccc43)CC1)CCOC2. The Morgan fingerprint density at radius 3 is 2.86 bits per heavy atom. The zero-order chi connectivity index (χ0) is 19.6. The van der Waals surface area contributed by atoms with E-state index in [4.69, 9.17) is 14.6 Å². The first-order valence-corrected chi connectivity index (χ1v) is 10.9. The molecule has 1 atom stereocenters. The Balaban J connectivity index is 1.18. The van der Waals surface area contributed by atoms with Gasteiger partial charge in [-0.05, 0) is 43.7 Å². The Morgan fingerprint density at radius 1 is 1.10 bits per heavy atom. The van der Waals surface area contributed by atoms with Gasteiger partial charge in [0.2, 0.25) is 0 Å². The molecule has 0 radical (unpaired) electrons. The first-order chi connectivity index (χ1) is 14.3. The molecule has 0 saturated heterocycles. The predicted molar refractivity (Wildman–Crippen MR) is 110 cm³/mol. The van der Waals surface area contributed by atoms with Crippen LogP contribution < -0.4 is 15.6 Å². The number of aromatic nitrogens is 2. The van der Waals surface area contributed by atoms with Crippen LogP contribution in [-0.2, 0) is 17.8 Å². The van der Waals surface area contributed by atoms with E-state index in [1.54, 1.807) is 10.7 Å². The summed E-state index contributed by atoms with van der Waals surface area (Å²) in [6, 6.07) is 10.9. The van der Waals surface area contributed by atoms with E-state index in [9.17, 15) is 4.79 Å². The van der Waals surface area contributed by atoms with Crippen LogP contribution in [0.4, 0.5) is 0 Å². The van der Waals surface area contributed by atoms with Gasteiger partial charge in [0.15, 0.2) is 0 Å². The number of hydrogen-bond donors (Lipinski definition) is 1. The van der Waals surface area contributed by atoms with Crippen molar-refractivity contribution in [2.75, 3.05) is 19.8 Å². The molecule has 1 aliphatic carbocycles. The topological polar surface area (TPSA) is 65.4 Å². The van der Waals surface area contributed by atoms with Crippen molar-refractivity contribution in [3.05, 3.63) is 57.5 Å². The van der Waals surface area contributed by atoms with Crippen molar-refractivity contribution in [2.45, 2.75) is 63.1 Å². The molecule has 3 aliphatic rings. The molecule has 154 valence electrons. The van der Waals surface area contributed by atoms with Gasteiger partial charge < -0.3 is 14.8 Å². The van der Waals surface area contributed by atoms with E-state index in [0.717, 1.165) is 68.7 Å². The van der Waals surface area contributed by atoms with Gasteiger partial charge in [0.25, 0.3) is 5.56 Å². The van der Waals surface area contributed by atoms with E-state index < -0.39 is 0 Å². The Bertz CT molecular complexity index is 918. The Hall–Kier alpha value is -2.18. The van der Waals surface area contributed by atoms with Gasteiger partial charge in [-0.15, -0.1) is 0 Å². The van der Waals surface area contributed by atoms with Gasteiger partial charge in [-0.3, -0.25) is 4.79 Å². The zero-order valence-corrected chi connectivity index (χ0v) is 16.8. The second kappa shape index (κ2) is 8.28. The molecular weight excluding hydrogens is 366 g/mol. The summed E-state index contributed by atoms with van der Waals surface area (Å²) in [4.78, 5) is 12.5. The first-order valence-electron chi connectivity index (χ1n) is 10.9. The highest BCUT2D eigenvalue weighted by Gasteiger charge is 2.27. The molecule has 1 fully saturated rings. The van der Waals surface area contributed by atoms with Crippen LogP contribution in [0.15, 0.2) is 35.1 Å². The lowest BCUT2D eigenvalue weighted by Crippen LogP contribution is -2.39. The summed E-state index contributed by atoms with van der Waals surface area (Å²) in [5, 5.41) is 8.48. The normalized spacial score (nSPS) is 26.3. The van der Waals surface area contributed by atoms with Gasteiger partial charge in [-0.1, -0.05) is 18.2 Å². The van der Waals surface area contributed by atoms with Crippen LogP contribution in [0, 0.1) is 0 Å². The fourth-order valence-corrected chi connectivity index (χ4v) is 4.95. The molecule has 29 heavy (non-hydrogen) atoms. The molecule has 1 saturated carbocycles. The molecule has 3 heterocycles. The molecule has 0 amide bonds. The number of rotatable bonds is 4. The van der Waals surface area contributed by atoms with E-state index in [-0.39, 0.29) is 11.6 Å². The van der Waals surface area contributed by atoms with Crippen LogP contribution in [0.5, 0.6) is 5.75 Å². The molecule has 0 spiro atoms. The number of hydrogen-bond acceptors (Lipinski definition) is 5. The standard InChI is InChI=1S/C23H29N3O3/c27-23-13-17-15-28-11-10-21(17)25-26(23)19-7-5-18(6-8-19)24-14-16-9-12-29-22-4-2-1-3-20(16)22/h1-4,13,16,18-19,24H,5-12,14-15H2. The summed E-state index contributed by atoms with van der Waals surface area (Å²) in [7, 11) is 0. The fourth-order valence-electron chi connectivity index (χ4n) is 4.95. The van der Waals surface area contributed by atoms with E-state index >= 15 is 0 Å². The largest absolute Gasteiger partial charge is 0.493 e. The summed E-state index contributed by atoms with van der Waals surface area (Å²) >= 11 is 0. The van der Waals surface area contributed by atoms with Gasteiger partial charge in [0, 0.05) is 36.6 Å². The predicted octanol–water partition coefficient (Wildman–Crippen LogP) is 2.96. The van der Waals surface area contributed by atoms with E-state index in [1.165, 1.54) is 5.56 Å². The summed E-state index contributed by atoms with van der Waals surface area (Å²) in [6.07, 6.45) is 6.05. The van der Waals surface area contributed by atoms with Crippen LogP contribution in [0.1, 0.15) is 60.9 Å². The van der Waals surface area contributed by atoms with Crippen LogP contribution in [0.3, 0.4) is 0 Å². The van der Waals surface area contributed by atoms with E-state index in [0.29, 0.717) is 25.2 Å². The summed E-state index contributed by atoms with van der Waals surface area (Å²) in [6.45, 7) is 3.01. The van der Waals surface area contributed by atoms with Crippen molar-refractivity contribution in [1.82, 2.24) is 15.1 Å². The van der Waals surface area contributed by atoms with Crippen LogP contribution in [-0.4, -0.2) is 35.6 Å². The van der Waals surface area contributed by atoms with Crippen LogP contribution >= 0.6 is 0 Å². The molecular formula is C23H29N3O3. The minimum absolute atomic E-state index is 0.0180. The number of benzene rings is 1. The monoisotopic (exact) mass is 395 g/mol. The molecule has 2 aliphatic heterocycles. The van der Waals surface area contributed by atoms with Gasteiger partial charge >= 0.3 is 0 Å². The molecule has 1 N–H and O–H groups in total. The smallest absolute Gasteiger partial charge is 0.267 e. The first kappa shape index (κ1) is 18.8. The average Bonchev–Trinajstić information content (AvgIpc) is 2.77. The molecule has 1 aromatic heterocycles. The molecule has 0 bridgehead atoms. The maximum atomic E-state index is 12.5. The van der Waals surface area contributed by atoms with Gasteiger partial charge in [0.1, 0.15) is 5.75 Å². The van der Waals surface area contributed by atoms with E-state index in [2.05, 4.69) is 23.5 Å². The second-order valence-corrected chi connectivity index (χ2v) is 8.49. The van der Waals surface area contributed by atoms with E-state index in [1.807, 2.05) is 6.07 Å². The highest BCUT2D eigenvalue weighted by atomic mass is 16.5. The number of nitrogens with zero attached hydrogens (tertiary/aromatic N) is 2. The van der Waals surface area contributed by atoms with Gasteiger partial charge in [-0.25, -0.2) is 4.68 Å². The number of para-hydroxylation sites is 1. The second-order valence-electron chi connectivity index (χ2n) is 8.49. The quantitative estimate of drug-likeness (QED) is 0.862. The van der Waals surface area contributed by atoms with Crippen molar-refractivity contribution >= 4 is 0 Å². The third-order valence-corrected chi connectivity index (χ3v) is 6.64. The lowest BCUT2D eigenvalue weighted by atomic mass is 9.89. The number of fused-ring (bicyclic) bond motifs is 2. The van der Waals surface area contributed by atoms with Gasteiger partial charge in [-0.2, -0.15) is 5.10 Å². The summed E-state index contributed by atoms with van der Waals surface area (Å²) in [5.41, 5.74) is 3.34. The minimum atomic E-state index is 0.0180. The highest BCUT2D eigenvalue weighted by molar-refractivity contribution is 5.37. The third kappa shape index (κ3) is 3.96. The van der Waals surface area contributed by atoms with Crippen molar-refractivity contribution < 1.29 is 9.47 Å². The Labute approximate surface area is 171 Å². The van der Waals surface area contributed by atoms with Crippen molar-refractivity contribution in [2.24, 2.45) is 0 Å². The summed E-state index contributed by atoms with van der Waals surface area (Å²) < 4.78 is 13.0. The fraction of sp³-hybridized carbons (Fsp3) is 0.565. The Kier molecular flexibility index (Phi) is 5.38. The zero-order valence-electron chi connectivity index (χ0n) is 16.8. The maximum Gasteiger partial charge on any atom is 0.267 e. The highest BCUT2D eigenvalue weighted by Crippen LogP contribution is 2.33. The summed E-state index contributed by atoms with van der Waals surface area (Å²) in [5.74, 6) is 1.56. The number of ether oxygens (including phenoxy) is 2. The maximum absolute atomic E-state index is 12.5. The molecule has 1 unspecified atom stereocenters. The molecule has 6 heteroatoms. The molecule has 5 rings (SSSR count). The van der Waals surface area contributed by atoms with Crippen LogP contribution in [0.2, 0.25) is 0 Å².